The van der Waals surface area contributed by atoms with Gasteiger partial charge in [0.2, 0.25) is 0 Å². The van der Waals surface area contributed by atoms with Gasteiger partial charge in [-0.2, -0.15) is 0 Å². The molecular weight excluding hydrogens is 172 g/mol. The van der Waals surface area contributed by atoms with Gasteiger partial charge < -0.3 is 10.2 Å². The average molecular weight is 198 g/mol. The summed E-state index contributed by atoms with van der Waals surface area (Å²) < 4.78 is 0. The van der Waals surface area contributed by atoms with Gasteiger partial charge >= 0.3 is 0 Å². The molecule has 1 N–H and O–H groups in total. The van der Waals surface area contributed by atoms with Gasteiger partial charge in [-0.05, 0) is 65.2 Å². The molecule has 1 heterocycles. The molecule has 2 heteroatoms. The summed E-state index contributed by atoms with van der Waals surface area (Å²) in [5.41, 5.74) is 0. The van der Waals surface area contributed by atoms with E-state index < -0.39 is 0 Å². The number of nitrogens with zero attached hydrogens (tertiary/aromatic N) is 1. The lowest BCUT2D eigenvalue weighted by atomic mass is 10.2. The maximum absolute atomic E-state index is 3.45. The molecule has 0 bridgehead atoms. The van der Waals surface area contributed by atoms with Crippen molar-refractivity contribution in [2.75, 3.05) is 26.2 Å². The van der Waals surface area contributed by atoms with Crippen molar-refractivity contribution in [1.29, 1.82) is 0 Å². The first kappa shape index (κ1) is 12.0. The van der Waals surface area contributed by atoms with Crippen LogP contribution in [0.2, 0.25) is 0 Å². The SMILES string of the molecule is CCCNCCCCN1CCCC1C. The number of nitrogens with one attached hydrogen (secondary N) is 1. The fourth-order valence-electron chi connectivity index (χ4n) is 2.19. The van der Waals surface area contributed by atoms with Crippen LogP contribution in [0.1, 0.15) is 46.0 Å². The maximum atomic E-state index is 3.45. The Hall–Kier alpha value is -0.0800. The lowest BCUT2D eigenvalue weighted by Gasteiger charge is -2.20. The minimum Gasteiger partial charge on any atom is -0.317 e. The highest BCUT2D eigenvalue weighted by Gasteiger charge is 2.18. The van der Waals surface area contributed by atoms with E-state index in [2.05, 4.69) is 24.1 Å². The van der Waals surface area contributed by atoms with Crippen LogP contribution in [0.15, 0.2) is 0 Å². The van der Waals surface area contributed by atoms with E-state index in [1.165, 1.54) is 58.3 Å². The summed E-state index contributed by atoms with van der Waals surface area (Å²) in [5, 5.41) is 3.45. The molecule has 0 amide bonds. The topological polar surface area (TPSA) is 15.3 Å². The molecule has 0 spiro atoms. The van der Waals surface area contributed by atoms with Crippen molar-refractivity contribution < 1.29 is 0 Å². The van der Waals surface area contributed by atoms with Crippen LogP contribution in [0.4, 0.5) is 0 Å². The molecule has 0 radical (unpaired) electrons. The molecule has 14 heavy (non-hydrogen) atoms. The predicted molar refractivity (Wildman–Crippen MR) is 62.7 cm³/mol. The van der Waals surface area contributed by atoms with Crippen LogP contribution in [0.25, 0.3) is 0 Å². The first-order valence-corrected chi connectivity index (χ1v) is 6.29. The fraction of sp³-hybridized carbons (Fsp3) is 1.00. The Morgan fingerprint density at radius 3 is 2.79 bits per heavy atom. The van der Waals surface area contributed by atoms with E-state index in [4.69, 9.17) is 0 Å². The highest BCUT2D eigenvalue weighted by Crippen LogP contribution is 2.16. The summed E-state index contributed by atoms with van der Waals surface area (Å²) in [5.74, 6) is 0. The Morgan fingerprint density at radius 1 is 1.29 bits per heavy atom. The standard InChI is InChI=1S/C12H26N2/c1-3-8-13-9-4-5-10-14-11-6-7-12(14)2/h12-13H,3-11H2,1-2H3. The third-order valence-corrected chi connectivity index (χ3v) is 3.17. The van der Waals surface area contributed by atoms with Crippen molar-refractivity contribution in [2.24, 2.45) is 0 Å². The van der Waals surface area contributed by atoms with Gasteiger partial charge in [0.15, 0.2) is 0 Å². The molecule has 1 saturated heterocycles. The zero-order chi connectivity index (χ0) is 10.2. The number of likely N-dealkylation sites (tertiary alicyclic amines) is 1. The summed E-state index contributed by atoms with van der Waals surface area (Å²) in [6.45, 7) is 9.62. The van der Waals surface area contributed by atoms with Crippen molar-refractivity contribution >= 4 is 0 Å². The second-order valence-electron chi connectivity index (χ2n) is 4.48. The number of hydrogen-bond acceptors (Lipinski definition) is 2. The van der Waals surface area contributed by atoms with Gasteiger partial charge in [0, 0.05) is 6.04 Å². The zero-order valence-corrected chi connectivity index (χ0v) is 9.89. The van der Waals surface area contributed by atoms with Crippen LogP contribution in [0, 0.1) is 0 Å². The molecule has 1 unspecified atom stereocenters. The number of rotatable bonds is 7. The minimum absolute atomic E-state index is 0.846. The minimum atomic E-state index is 0.846. The van der Waals surface area contributed by atoms with Crippen molar-refractivity contribution in [3.05, 3.63) is 0 Å². The van der Waals surface area contributed by atoms with Gasteiger partial charge in [-0.3, -0.25) is 0 Å². The second-order valence-corrected chi connectivity index (χ2v) is 4.48. The molecule has 1 fully saturated rings. The maximum Gasteiger partial charge on any atom is 0.00674 e. The molecule has 0 aromatic heterocycles. The zero-order valence-electron chi connectivity index (χ0n) is 9.89. The summed E-state index contributed by atoms with van der Waals surface area (Å²) in [4.78, 5) is 2.64. The average Bonchev–Trinajstić information content (AvgIpc) is 2.58. The molecule has 84 valence electrons. The van der Waals surface area contributed by atoms with E-state index in [0.29, 0.717) is 0 Å². The Balaban J connectivity index is 1.88. The van der Waals surface area contributed by atoms with Crippen molar-refractivity contribution in [3.8, 4) is 0 Å². The first-order chi connectivity index (χ1) is 6.84. The van der Waals surface area contributed by atoms with E-state index in [1.54, 1.807) is 0 Å². The van der Waals surface area contributed by atoms with Gasteiger partial charge in [0.25, 0.3) is 0 Å². The van der Waals surface area contributed by atoms with Crippen LogP contribution < -0.4 is 5.32 Å². The molecule has 1 aliphatic heterocycles. The lowest BCUT2D eigenvalue weighted by molar-refractivity contribution is 0.263. The van der Waals surface area contributed by atoms with Crippen molar-refractivity contribution in [3.63, 3.8) is 0 Å². The van der Waals surface area contributed by atoms with E-state index in [-0.39, 0.29) is 0 Å². The summed E-state index contributed by atoms with van der Waals surface area (Å²) in [7, 11) is 0. The van der Waals surface area contributed by atoms with Crippen LogP contribution in [-0.2, 0) is 0 Å². The fourth-order valence-corrected chi connectivity index (χ4v) is 2.19. The van der Waals surface area contributed by atoms with Crippen molar-refractivity contribution in [2.45, 2.75) is 52.0 Å². The summed E-state index contributed by atoms with van der Waals surface area (Å²) in [6, 6.07) is 0.846. The highest BCUT2D eigenvalue weighted by atomic mass is 15.2. The van der Waals surface area contributed by atoms with E-state index in [1.807, 2.05) is 0 Å². The molecule has 1 aliphatic rings. The van der Waals surface area contributed by atoms with Crippen LogP contribution in [0.5, 0.6) is 0 Å². The van der Waals surface area contributed by atoms with Gasteiger partial charge in [0.1, 0.15) is 0 Å². The Kier molecular flexibility index (Phi) is 6.20. The third-order valence-electron chi connectivity index (χ3n) is 3.17. The largest absolute Gasteiger partial charge is 0.317 e. The molecular formula is C12H26N2. The Labute approximate surface area is 89.1 Å². The number of hydrogen-bond donors (Lipinski definition) is 1. The quantitative estimate of drug-likeness (QED) is 0.631. The van der Waals surface area contributed by atoms with Crippen LogP contribution in [0.3, 0.4) is 0 Å². The van der Waals surface area contributed by atoms with Gasteiger partial charge in [0.05, 0.1) is 0 Å². The second kappa shape index (κ2) is 7.24. The molecule has 1 atom stereocenters. The van der Waals surface area contributed by atoms with Crippen LogP contribution >= 0.6 is 0 Å². The molecule has 2 nitrogen and oxygen atoms in total. The molecule has 0 aromatic rings. The molecule has 1 rings (SSSR count). The molecule has 0 saturated carbocycles. The van der Waals surface area contributed by atoms with Gasteiger partial charge in [-0.1, -0.05) is 6.92 Å². The van der Waals surface area contributed by atoms with Crippen molar-refractivity contribution in [1.82, 2.24) is 10.2 Å². The lowest BCUT2D eigenvalue weighted by Crippen LogP contribution is -2.28. The normalized spacial score (nSPS) is 23.1. The Morgan fingerprint density at radius 2 is 2.14 bits per heavy atom. The number of unbranched alkanes of at least 4 members (excludes halogenated alkanes) is 1. The van der Waals surface area contributed by atoms with E-state index in [0.717, 1.165) is 6.04 Å². The molecule has 0 aromatic carbocycles. The van der Waals surface area contributed by atoms with Gasteiger partial charge in [-0.15, -0.1) is 0 Å². The smallest absolute Gasteiger partial charge is 0.00674 e. The monoisotopic (exact) mass is 198 g/mol. The van der Waals surface area contributed by atoms with E-state index >= 15 is 0 Å². The first-order valence-electron chi connectivity index (χ1n) is 6.29. The van der Waals surface area contributed by atoms with Gasteiger partial charge in [-0.25, -0.2) is 0 Å². The highest BCUT2D eigenvalue weighted by molar-refractivity contribution is 4.74. The Bertz CT molecular complexity index is 136. The predicted octanol–water partition coefficient (Wildman–Crippen LogP) is 2.25. The van der Waals surface area contributed by atoms with E-state index in [9.17, 15) is 0 Å². The van der Waals surface area contributed by atoms with Crippen LogP contribution in [-0.4, -0.2) is 37.1 Å². The summed E-state index contributed by atoms with van der Waals surface area (Å²) >= 11 is 0. The third kappa shape index (κ3) is 4.43. The summed E-state index contributed by atoms with van der Waals surface area (Å²) in [6.07, 6.45) is 6.77. The molecule has 0 aliphatic carbocycles.